The van der Waals surface area contributed by atoms with Crippen LogP contribution in [0.4, 0.5) is 8.78 Å². The Bertz CT molecular complexity index is 704. The Labute approximate surface area is 144 Å². The van der Waals surface area contributed by atoms with Gasteiger partial charge in [0, 0.05) is 50.7 Å². The Morgan fingerprint density at radius 2 is 1.84 bits per heavy atom. The summed E-state index contributed by atoms with van der Waals surface area (Å²) in [5, 5.41) is 0. The van der Waals surface area contributed by atoms with Gasteiger partial charge in [-0.05, 0) is 35.9 Å². The number of aromatic nitrogens is 1. The summed E-state index contributed by atoms with van der Waals surface area (Å²) >= 11 is 0. The number of pyridine rings is 1. The third-order valence-corrected chi connectivity index (χ3v) is 4.12. The van der Waals surface area contributed by atoms with E-state index in [-0.39, 0.29) is 11.7 Å². The van der Waals surface area contributed by atoms with Crippen molar-refractivity contribution in [3.63, 3.8) is 0 Å². The maximum absolute atomic E-state index is 12.6. The number of ether oxygens (including phenoxy) is 1. The number of hydrogen-bond acceptors (Lipinski definition) is 4. The Kier molecular flexibility index (Phi) is 5.55. The van der Waals surface area contributed by atoms with Crippen molar-refractivity contribution in [2.24, 2.45) is 0 Å². The van der Waals surface area contributed by atoms with E-state index in [4.69, 9.17) is 0 Å². The number of nitrogens with zero attached hydrogens (tertiary/aromatic N) is 3. The minimum Gasteiger partial charge on any atom is -0.435 e. The topological polar surface area (TPSA) is 45.7 Å². The summed E-state index contributed by atoms with van der Waals surface area (Å²) in [6, 6.07) is 9.89. The molecule has 1 fully saturated rings. The molecule has 1 saturated heterocycles. The van der Waals surface area contributed by atoms with Gasteiger partial charge in [-0.25, -0.2) is 0 Å². The standard InChI is InChI=1S/C18H19F2N3O2/c19-18(20)25-16-3-1-2-15(12-16)17(24)23-10-8-22(9-11-23)13-14-4-6-21-7-5-14/h1-7,12,18H,8-11,13H2. The van der Waals surface area contributed by atoms with Gasteiger partial charge < -0.3 is 9.64 Å². The van der Waals surface area contributed by atoms with Crippen molar-refractivity contribution in [1.82, 2.24) is 14.8 Å². The van der Waals surface area contributed by atoms with Gasteiger partial charge in [-0.2, -0.15) is 8.78 Å². The smallest absolute Gasteiger partial charge is 0.387 e. The Hall–Kier alpha value is -2.54. The minimum atomic E-state index is -2.90. The van der Waals surface area contributed by atoms with Crippen molar-refractivity contribution < 1.29 is 18.3 Å². The summed E-state index contributed by atoms with van der Waals surface area (Å²) in [6.45, 7) is 0.653. The van der Waals surface area contributed by atoms with Gasteiger partial charge in [-0.3, -0.25) is 14.7 Å². The molecule has 5 nitrogen and oxygen atoms in total. The van der Waals surface area contributed by atoms with Crippen LogP contribution in [0.5, 0.6) is 5.75 Å². The highest BCUT2D eigenvalue weighted by Gasteiger charge is 2.22. The zero-order valence-electron chi connectivity index (χ0n) is 13.6. The molecule has 0 unspecified atom stereocenters. The summed E-state index contributed by atoms with van der Waals surface area (Å²) in [6.07, 6.45) is 3.53. The largest absolute Gasteiger partial charge is 0.435 e. The molecule has 0 spiro atoms. The molecule has 0 saturated carbocycles. The number of benzene rings is 1. The SMILES string of the molecule is O=C(c1cccc(OC(F)F)c1)N1CCN(Cc2ccncc2)CC1. The van der Waals surface area contributed by atoms with Crippen molar-refractivity contribution in [3.05, 3.63) is 59.9 Å². The molecule has 1 aromatic heterocycles. The van der Waals surface area contributed by atoms with E-state index in [2.05, 4.69) is 14.6 Å². The molecule has 0 aliphatic carbocycles. The highest BCUT2D eigenvalue weighted by molar-refractivity contribution is 5.94. The Balaban J connectivity index is 1.56. The maximum Gasteiger partial charge on any atom is 0.387 e. The molecule has 0 N–H and O–H groups in total. The molecule has 7 heteroatoms. The number of amides is 1. The lowest BCUT2D eigenvalue weighted by atomic mass is 10.1. The molecule has 25 heavy (non-hydrogen) atoms. The van der Waals surface area contributed by atoms with Crippen molar-refractivity contribution in [3.8, 4) is 5.75 Å². The third kappa shape index (κ3) is 4.73. The van der Waals surface area contributed by atoms with E-state index in [1.165, 1.54) is 17.7 Å². The van der Waals surface area contributed by atoms with E-state index in [0.29, 0.717) is 18.7 Å². The van der Waals surface area contributed by atoms with E-state index in [1.54, 1.807) is 29.4 Å². The molecule has 1 amide bonds. The zero-order valence-corrected chi connectivity index (χ0v) is 13.6. The molecule has 132 valence electrons. The second-order valence-electron chi connectivity index (χ2n) is 5.83. The van der Waals surface area contributed by atoms with Crippen LogP contribution in [0, 0.1) is 0 Å². The normalized spacial score (nSPS) is 15.4. The van der Waals surface area contributed by atoms with Crippen LogP contribution in [0.25, 0.3) is 0 Å². The molecule has 3 rings (SSSR count). The zero-order chi connectivity index (χ0) is 17.6. The quantitative estimate of drug-likeness (QED) is 0.834. The molecule has 1 aromatic carbocycles. The maximum atomic E-state index is 12.6. The number of hydrogen-bond donors (Lipinski definition) is 0. The number of piperazine rings is 1. The van der Waals surface area contributed by atoms with Crippen LogP contribution < -0.4 is 4.74 Å². The summed E-state index contributed by atoms with van der Waals surface area (Å²) in [5.41, 5.74) is 1.55. The lowest BCUT2D eigenvalue weighted by Crippen LogP contribution is -2.48. The monoisotopic (exact) mass is 347 g/mol. The fraction of sp³-hybridized carbons (Fsp3) is 0.333. The molecule has 2 aromatic rings. The van der Waals surface area contributed by atoms with Gasteiger partial charge in [0.05, 0.1) is 0 Å². The van der Waals surface area contributed by atoms with Gasteiger partial charge in [-0.15, -0.1) is 0 Å². The minimum absolute atomic E-state index is 0.00262. The van der Waals surface area contributed by atoms with Crippen LogP contribution >= 0.6 is 0 Å². The van der Waals surface area contributed by atoms with E-state index < -0.39 is 6.61 Å². The fourth-order valence-electron chi connectivity index (χ4n) is 2.84. The first kappa shape index (κ1) is 17.3. The summed E-state index contributed by atoms with van der Waals surface area (Å²) in [7, 11) is 0. The first-order valence-corrected chi connectivity index (χ1v) is 8.07. The van der Waals surface area contributed by atoms with Gasteiger partial charge in [-0.1, -0.05) is 6.07 Å². The van der Waals surface area contributed by atoms with Crippen molar-refractivity contribution >= 4 is 5.91 Å². The average molecular weight is 347 g/mol. The van der Waals surface area contributed by atoms with Crippen molar-refractivity contribution in [2.45, 2.75) is 13.2 Å². The van der Waals surface area contributed by atoms with Crippen LogP contribution in [-0.4, -0.2) is 53.5 Å². The highest BCUT2D eigenvalue weighted by Crippen LogP contribution is 2.18. The molecular formula is C18H19F2N3O2. The molecule has 0 bridgehead atoms. The lowest BCUT2D eigenvalue weighted by molar-refractivity contribution is -0.0499. The second-order valence-corrected chi connectivity index (χ2v) is 5.83. The van der Waals surface area contributed by atoms with Gasteiger partial charge in [0.1, 0.15) is 5.75 Å². The van der Waals surface area contributed by atoms with Gasteiger partial charge in [0.25, 0.3) is 5.91 Å². The number of alkyl halides is 2. The van der Waals surface area contributed by atoms with Gasteiger partial charge >= 0.3 is 6.61 Å². The van der Waals surface area contributed by atoms with E-state index in [9.17, 15) is 13.6 Å². The molecule has 1 aliphatic rings. The van der Waals surface area contributed by atoms with Crippen molar-refractivity contribution in [1.29, 1.82) is 0 Å². The molecule has 1 aliphatic heterocycles. The van der Waals surface area contributed by atoms with E-state index >= 15 is 0 Å². The van der Waals surface area contributed by atoms with Crippen molar-refractivity contribution in [2.75, 3.05) is 26.2 Å². The second kappa shape index (κ2) is 8.02. The predicted molar refractivity (Wildman–Crippen MR) is 88.5 cm³/mol. The highest BCUT2D eigenvalue weighted by atomic mass is 19.3. The van der Waals surface area contributed by atoms with Crippen LogP contribution in [0.1, 0.15) is 15.9 Å². The van der Waals surface area contributed by atoms with E-state index in [1.807, 2.05) is 12.1 Å². The van der Waals surface area contributed by atoms with Crippen LogP contribution in [0.2, 0.25) is 0 Å². The average Bonchev–Trinajstić information content (AvgIpc) is 2.62. The first-order chi connectivity index (χ1) is 12.1. The Morgan fingerprint density at radius 1 is 1.12 bits per heavy atom. The molecule has 0 radical (unpaired) electrons. The molecule has 0 atom stereocenters. The Morgan fingerprint density at radius 3 is 2.52 bits per heavy atom. The van der Waals surface area contributed by atoms with Crippen LogP contribution in [0.3, 0.4) is 0 Å². The number of carbonyl (C=O) groups excluding carboxylic acids is 1. The van der Waals surface area contributed by atoms with Gasteiger partial charge in [0.15, 0.2) is 0 Å². The number of carbonyl (C=O) groups is 1. The third-order valence-electron chi connectivity index (χ3n) is 4.12. The predicted octanol–water partition coefficient (Wildman–Crippen LogP) is 2.64. The van der Waals surface area contributed by atoms with E-state index in [0.717, 1.165) is 19.6 Å². The van der Waals surface area contributed by atoms with Crippen LogP contribution in [-0.2, 0) is 6.54 Å². The van der Waals surface area contributed by atoms with Gasteiger partial charge in [0.2, 0.25) is 0 Å². The van der Waals surface area contributed by atoms with Crippen LogP contribution in [0.15, 0.2) is 48.8 Å². The first-order valence-electron chi connectivity index (χ1n) is 8.07. The number of halogens is 2. The molecular weight excluding hydrogens is 328 g/mol. The summed E-state index contributed by atoms with van der Waals surface area (Å²) in [5.74, 6) is -0.166. The summed E-state index contributed by atoms with van der Waals surface area (Å²) < 4.78 is 29.0. The number of rotatable bonds is 5. The molecule has 2 heterocycles. The fourth-order valence-corrected chi connectivity index (χ4v) is 2.84. The summed E-state index contributed by atoms with van der Waals surface area (Å²) in [4.78, 5) is 20.6. The lowest BCUT2D eigenvalue weighted by Gasteiger charge is -2.34.